The number of anilines is 2. The zero-order valence-corrected chi connectivity index (χ0v) is 32.4. The summed E-state index contributed by atoms with van der Waals surface area (Å²) in [5.74, 6) is -1.39. The van der Waals surface area contributed by atoms with E-state index >= 15 is 8.78 Å². The number of halogens is 3. The summed E-state index contributed by atoms with van der Waals surface area (Å²) in [7, 11) is -2.86. The Morgan fingerprint density at radius 3 is 2.43 bits per heavy atom. The van der Waals surface area contributed by atoms with Gasteiger partial charge in [-0.25, -0.2) is 31.4 Å². The number of hydrogen-bond acceptors (Lipinski definition) is 9. The molecular weight excluding hydrogens is 746 g/mol. The molecule has 1 aliphatic carbocycles. The summed E-state index contributed by atoms with van der Waals surface area (Å²) in [5.41, 5.74) is -0.783. The van der Waals surface area contributed by atoms with Gasteiger partial charge in [-0.2, -0.15) is 0 Å². The lowest BCUT2D eigenvalue weighted by atomic mass is 9.57. The predicted molar refractivity (Wildman–Crippen MR) is 206 cm³/mol. The summed E-state index contributed by atoms with van der Waals surface area (Å²) in [6, 6.07) is 12.9. The standard InChI is InChI=1S/C41H49F3N6O5S/c1-3-37(51)46-31-13-16-45-38(22-31)56(53,54)32-11-12-36(34(43)23-32)50-25-40(44,26-50)24-49-19-14-28(15-20-49)41(27-48-17-6-18-48,29-7-4-8-30(42)21-29)33-9-5-10-35(33)47-39(52)55-2/h3-4,7-8,11-13,16,21-23,28,33,35H,1,5-6,9-10,14-15,17-20,24-27H2,2H3,(H,47,52)(H,45,46,51)/t33-,35-,41?/m0/s1. The summed E-state index contributed by atoms with van der Waals surface area (Å²) < 4.78 is 78.3. The minimum absolute atomic E-state index is 0.0479. The number of sulfone groups is 1. The van der Waals surface area contributed by atoms with Gasteiger partial charge in [0.1, 0.15) is 11.6 Å². The molecule has 0 radical (unpaired) electrons. The fraction of sp³-hybridized carbons (Fsp3) is 0.488. The summed E-state index contributed by atoms with van der Waals surface area (Å²) in [6.45, 7) is 7.44. The second kappa shape index (κ2) is 16.2. The maximum atomic E-state index is 16.3. The first-order valence-electron chi connectivity index (χ1n) is 19.3. The van der Waals surface area contributed by atoms with E-state index in [2.05, 4.69) is 32.0 Å². The summed E-state index contributed by atoms with van der Waals surface area (Å²) >= 11 is 0. The van der Waals surface area contributed by atoms with E-state index in [0.717, 1.165) is 75.9 Å². The molecule has 3 aliphatic heterocycles. The summed E-state index contributed by atoms with van der Waals surface area (Å²) in [6.07, 6.45) is 7.12. The van der Waals surface area contributed by atoms with Crippen molar-refractivity contribution < 1.29 is 35.9 Å². The summed E-state index contributed by atoms with van der Waals surface area (Å²) in [5, 5.41) is 5.22. The van der Waals surface area contributed by atoms with Crippen molar-refractivity contribution in [3.63, 3.8) is 0 Å². The van der Waals surface area contributed by atoms with Gasteiger partial charge in [-0.15, -0.1) is 0 Å². The maximum absolute atomic E-state index is 16.3. The van der Waals surface area contributed by atoms with Crippen LogP contribution < -0.4 is 15.5 Å². The Balaban J connectivity index is 1.03. The first-order valence-corrected chi connectivity index (χ1v) is 20.7. The number of aromatic nitrogens is 1. The van der Waals surface area contributed by atoms with Gasteiger partial charge in [-0.05, 0) is 124 Å². The third-order valence-electron chi connectivity index (χ3n) is 12.3. The van der Waals surface area contributed by atoms with Crippen LogP contribution in [0.4, 0.5) is 29.3 Å². The smallest absolute Gasteiger partial charge is 0.407 e. The van der Waals surface area contributed by atoms with Gasteiger partial charge in [0.25, 0.3) is 0 Å². The lowest BCUT2D eigenvalue weighted by molar-refractivity contribution is -0.111. The molecule has 4 heterocycles. The van der Waals surface area contributed by atoms with Crippen molar-refractivity contribution in [2.24, 2.45) is 11.8 Å². The monoisotopic (exact) mass is 794 g/mol. The van der Waals surface area contributed by atoms with E-state index < -0.39 is 38.7 Å². The van der Waals surface area contributed by atoms with E-state index in [4.69, 9.17) is 4.74 Å². The van der Waals surface area contributed by atoms with Crippen molar-refractivity contribution in [3.8, 4) is 0 Å². The molecule has 1 aromatic heterocycles. The Hall–Kier alpha value is -4.47. The van der Waals surface area contributed by atoms with Crippen LogP contribution in [0.25, 0.3) is 0 Å². The van der Waals surface area contributed by atoms with Crippen molar-refractivity contribution in [1.29, 1.82) is 0 Å². The molecule has 4 fully saturated rings. The number of hydrogen-bond donors (Lipinski definition) is 2. The predicted octanol–water partition coefficient (Wildman–Crippen LogP) is 5.73. The number of carbonyl (C=O) groups excluding carboxylic acids is 2. The molecule has 300 valence electrons. The van der Waals surface area contributed by atoms with Crippen molar-refractivity contribution in [3.05, 3.63) is 90.6 Å². The van der Waals surface area contributed by atoms with E-state index in [1.807, 2.05) is 6.07 Å². The number of benzene rings is 2. The van der Waals surface area contributed by atoms with Gasteiger partial charge in [0.2, 0.25) is 15.7 Å². The van der Waals surface area contributed by atoms with Crippen LogP contribution in [0.5, 0.6) is 0 Å². The van der Waals surface area contributed by atoms with E-state index in [0.29, 0.717) is 13.1 Å². The van der Waals surface area contributed by atoms with Gasteiger partial charge in [-0.1, -0.05) is 25.1 Å². The molecule has 2 aromatic carbocycles. The molecule has 3 aromatic rings. The number of rotatable bonds is 13. The SMILES string of the molecule is C=CC(=O)Nc1ccnc(S(=O)(=O)c2ccc(N3CC(F)(CN4CCC(C(CN5CCC5)(c5cccc(F)c5)[C@H]5CCC[C@@H]5NC(=O)OC)CC4)C3)c(F)c2)c1. The zero-order valence-electron chi connectivity index (χ0n) is 31.6. The van der Waals surface area contributed by atoms with Gasteiger partial charge in [0, 0.05) is 36.4 Å². The lowest BCUT2D eigenvalue weighted by Gasteiger charge is -2.54. The van der Waals surface area contributed by atoms with Gasteiger partial charge in [0.15, 0.2) is 10.7 Å². The molecule has 15 heteroatoms. The molecule has 1 saturated carbocycles. The van der Waals surface area contributed by atoms with Crippen LogP contribution in [0.2, 0.25) is 0 Å². The topological polar surface area (TPSA) is 124 Å². The van der Waals surface area contributed by atoms with E-state index in [9.17, 15) is 22.4 Å². The molecule has 1 unspecified atom stereocenters. The number of nitrogens with one attached hydrogen (secondary N) is 2. The number of pyridine rings is 1. The van der Waals surface area contributed by atoms with Crippen molar-refractivity contribution in [1.82, 2.24) is 20.1 Å². The number of alkyl halides is 1. The number of likely N-dealkylation sites (tertiary alicyclic amines) is 2. The Morgan fingerprint density at radius 1 is 1.00 bits per heavy atom. The molecule has 3 saturated heterocycles. The average molecular weight is 795 g/mol. The zero-order chi connectivity index (χ0) is 39.7. The molecule has 0 bridgehead atoms. The Morgan fingerprint density at radius 2 is 1.77 bits per heavy atom. The van der Waals surface area contributed by atoms with Crippen LogP contribution >= 0.6 is 0 Å². The number of carbonyl (C=O) groups is 2. The molecule has 2 amide bonds. The largest absolute Gasteiger partial charge is 0.453 e. The number of methoxy groups -OCH3 is 1. The molecule has 3 atom stereocenters. The molecule has 7 rings (SSSR count). The Kier molecular flexibility index (Phi) is 11.5. The van der Waals surface area contributed by atoms with E-state index in [-0.39, 0.29) is 64.6 Å². The first-order chi connectivity index (χ1) is 26.8. The minimum atomic E-state index is -4.23. The van der Waals surface area contributed by atoms with Crippen LogP contribution in [0, 0.1) is 23.5 Å². The highest BCUT2D eigenvalue weighted by molar-refractivity contribution is 7.91. The van der Waals surface area contributed by atoms with Crippen LogP contribution in [0.15, 0.2) is 83.4 Å². The number of ether oxygens (including phenoxy) is 1. The average Bonchev–Trinajstić information content (AvgIpc) is 3.62. The van der Waals surface area contributed by atoms with Gasteiger partial charge < -0.3 is 25.2 Å². The number of amides is 2. The normalized spacial score (nSPS) is 22.7. The molecule has 2 N–H and O–H groups in total. The molecule has 0 spiro atoms. The molecular formula is C41H49F3N6O5S. The summed E-state index contributed by atoms with van der Waals surface area (Å²) in [4.78, 5) is 33.9. The highest BCUT2D eigenvalue weighted by Gasteiger charge is 2.54. The fourth-order valence-corrected chi connectivity index (χ4v) is 10.7. The highest BCUT2D eigenvalue weighted by Crippen LogP contribution is 2.52. The van der Waals surface area contributed by atoms with Crippen molar-refractivity contribution in [2.75, 3.05) is 69.7 Å². The third-order valence-corrected chi connectivity index (χ3v) is 13.9. The highest BCUT2D eigenvalue weighted by atomic mass is 32.2. The van der Waals surface area contributed by atoms with Crippen LogP contribution in [-0.4, -0.2) is 106 Å². The van der Waals surface area contributed by atoms with Crippen LogP contribution in [-0.2, 0) is 24.8 Å². The second-order valence-electron chi connectivity index (χ2n) is 15.7. The van der Waals surface area contributed by atoms with Crippen LogP contribution in [0.1, 0.15) is 44.1 Å². The van der Waals surface area contributed by atoms with Crippen molar-refractivity contribution in [2.45, 2.75) is 65.6 Å². The second-order valence-corrected chi connectivity index (χ2v) is 17.6. The number of piperidine rings is 1. The molecule has 56 heavy (non-hydrogen) atoms. The molecule has 11 nitrogen and oxygen atoms in total. The quantitative estimate of drug-likeness (QED) is 0.209. The minimum Gasteiger partial charge on any atom is -0.453 e. The van der Waals surface area contributed by atoms with Gasteiger partial charge in [0.05, 0.1) is 30.8 Å². The van der Waals surface area contributed by atoms with E-state index in [1.165, 1.54) is 43.6 Å². The lowest BCUT2D eigenvalue weighted by Crippen LogP contribution is -2.65. The Labute approximate surface area is 326 Å². The number of nitrogens with zero attached hydrogens (tertiary/aromatic N) is 4. The Bertz CT molecular complexity index is 2050. The van der Waals surface area contributed by atoms with Crippen LogP contribution in [0.3, 0.4) is 0 Å². The number of alkyl carbamates (subject to hydrolysis) is 1. The maximum Gasteiger partial charge on any atom is 0.407 e. The van der Waals surface area contributed by atoms with Gasteiger partial charge >= 0.3 is 6.09 Å². The third kappa shape index (κ3) is 8.03. The van der Waals surface area contributed by atoms with Crippen molar-refractivity contribution >= 4 is 33.2 Å². The van der Waals surface area contributed by atoms with E-state index in [1.54, 1.807) is 17.0 Å². The first kappa shape index (κ1) is 39.8. The fourth-order valence-electron chi connectivity index (χ4n) is 9.51. The van der Waals surface area contributed by atoms with Gasteiger partial charge in [-0.3, -0.25) is 9.69 Å². The molecule has 4 aliphatic rings.